The summed E-state index contributed by atoms with van der Waals surface area (Å²) in [5.74, 6) is 1.65. The van der Waals surface area contributed by atoms with E-state index in [1.807, 2.05) is 42.2 Å². The standard InChI is InChI=1S/C22H31N5O2.HI/c1-3-19(27-14-8-11-20(27)28)12-13-24-22(23-4-2)25-15-18-16-29-21(26-18)17-9-6-5-7-10-17;/h5-7,9-10,16,19H,3-4,8,11-15H2,1-2H3,(H2,23,24,25);1H. The molecule has 1 atom stereocenters. The molecule has 8 heteroatoms. The van der Waals surface area contributed by atoms with Gasteiger partial charge in [0.2, 0.25) is 11.8 Å². The van der Waals surface area contributed by atoms with E-state index >= 15 is 0 Å². The van der Waals surface area contributed by atoms with Crippen LogP contribution in [-0.2, 0) is 11.3 Å². The lowest BCUT2D eigenvalue weighted by molar-refractivity contribution is -0.129. The highest BCUT2D eigenvalue weighted by Gasteiger charge is 2.26. The monoisotopic (exact) mass is 525 g/mol. The van der Waals surface area contributed by atoms with Gasteiger partial charge in [0.15, 0.2) is 5.96 Å². The Labute approximate surface area is 195 Å². The van der Waals surface area contributed by atoms with Crippen LogP contribution in [0.3, 0.4) is 0 Å². The maximum atomic E-state index is 12.0. The second kappa shape index (κ2) is 12.6. The predicted molar refractivity (Wildman–Crippen MR) is 130 cm³/mol. The molecule has 3 rings (SSSR count). The molecule has 1 aliphatic rings. The predicted octanol–water partition coefficient (Wildman–Crippen LogP) is 3.81. The molecular formula is C22H32IN5O2. The summed E-state index contributed by atoms with van der Waals surface area (Å²) in [5, 5.41) is 6.64. The Kier molecular flexibility index (Phi) is 10.1. The Morgan fingerprint density at radius 1 is 1.27 bits per heavy atom. The molecule has 1 fully saturated rings. The molecule has 1 aliphatic heterocycles. The molecule has 2 heterocycles. The van der Waals surface area contributed by atoms with Crippen LogP contribution in [0.5, 0.6) is 0 Å². The lowest BCUT2D eigenvalue weighted by atomic mass is 10.1. The molecule has 1 unspecified atom stereocenters. The van der Waals surface area contributed by atoms with E-state index in [0.717, 1.165) is 56.1 Å². The van der Waals surface area contributed by atoms with Gasteiger partial charge in [-0.05, 0) is 38.3 Å². The average Bonchev–Trinajstić information content (AvgIpc) is 3.39. The number of likely N-dealkylation sites (tertiary alicyclic amines) is 1. The first-order valence-electron chi connectivity index (χ1n) is 10.5. The van der Waals surface area contributed by atoms with Crippen LogP contribution in [0.25, 0.3) is 11.5 Å². The van der Waals surface area contributed by atoms with E-state index < -0.39 is 0 Å². The number of carbonyl (C=O) groups is 1. The normalized spacial score (nSPS) is 15.1. The van der Waals surface area contributed by atoms with E-state index in [1.165, 1.54) is 0 Å². The number of aliphatic imine (C=N–C) groups is 1. The van der Waals surface area contributed by atoms with E-state index in [-0.39, 0.29) is 29.9 Å². The topological polar surface area (TPSA) is 82.8 Å². The first-order valence-corrected chi connectivity index (χ1v) is 10.5. The average molecular weight is 525 g/mol. The third-order valence-electron chi connectivity index (χ3n) is 5.11. The van der Waals surface area contributed by atoms with E-state index in [2.05, 4.69) is 27.5 Å². The van der Waals surface area contributed by atoms with Crippen LogP contribution in [0.15, 0.2) is 46.0 Å². The number of nitrogens with zero attached hydrogens (tertiary/aromatic N) is 3. The number of rotatable bonds is 9. The van der Waals surface area contributed by atoms with Crippen LogP contribution < -0.4 is 10.6 Å². The number of halogens is 1. The molecule has 1 aromatic carbocycles. The van der Waals surface area contributed by atoms with Gasteiger partial charge in [0.25, 0.3) is 0 Å². The number of amides is 1. The Balaban J connectivity index is 0.00000320. The van der Waals surface area contributed by atoms with Crippen LogP contribution in [0.2, 0.25) is 0 Å². The summed E-state index contributed by atoms with van der Waals surface area (Å²) < 4.78 is 5.58. The minimum Gasteiger partial charge on any atom is -0.444 e. The first-order chi connectivity index (χ1) is 14.2. The van der Waals surface area contributed by atoms with Crippen LogP contribution >= 0.6 is 24.0 Å². The summed E-state index contributed by atoms with van der Waals surface area (Å²) in [6.45, 7) is 7.06. The van der Waals surface area contributed by atoms with Crippen molar-refractivity contribution in [2.24, 2.45) is 4.99 Å². The van der Waals surface area contributed by atoms with Gasteiger partial charge in [-0.1, -0.05) is 25.1 Å². The van der Waals surface area contributed by atoms with Crippen molar-refractivity contribution in [1.29, 1.82) is 0 Å². The maximum Gasteiger partial charge on any atom is 0.226 e. The number of aromatic nitrogens is 1. The fourth-order valence-corrected chi connectivity index (χ4v) is 3.59. The number of oxazole rings is 1. The van der Waals surface area contributed by atoms with Gasteiger partial charge in [0.1, 0.15) is 12.0 Å². The van der Waals surface area contributed by atoms with Crippen LogP contribution in [-0.4, -0.2) is 47.4 Å². The highest BCUT2D eigenvalue weighted by atomic mass is 127. The lowest BCUT2D eigenvalue weighted by Gasteiger charge is -2.27. The molecule has 30 heavy (non-hydrogen) atoms. The molecule has 0 aliphatic carbocycles. The highest BCUT2D eigenvalue weighted by molar-refractivity contribution is 14.0. The van der Waals surface area contributed by atoms with Crippen LogP contribution in [0.4, 0.5) is 0 Å². The fourth-order valence-electron chi connectivity index (χ4n) is 3.59. The van der Waals surface area contributed by atoms with Crippen molar-refractivity contribution in [2.45, 2.75) is 52.1 Å². The van der Waals surface area contributed by atoms with Crippen molar-refractivity contribution in [3.63, 3.8) is 0 Å². The molecule has 7 nitrogen and oxygen atoms in total. The minimum absolute atomic E-state index is 0. The van der Waals surface area contributed by atoms with Crippen molar-refractivity contribution in [1.82, 2.24) is 20.5 Å². The molecule has 164 valence electrons. The Bertz CT molecular complexity index is 809. The summed E-state index contributed by atoms with van der Waals surface area (Å²) in [5.41, 5.74) is 1.74. The largest absolute Gasteiger partial charge is 0.444 e. The van der Waals surface area contributed by atoms with E-state index in [4.69, 9.17) is 4.42 Å². The van der Waals surface area contributed by atoms with Crippen molar-refractivity contribution in [3.8, 4) is 11.5 Å². The summed E-state index contributed by atoms with van der Waals surface area (Å²) in [4.78, 5) is 23.2. The van der Waals surface area contributed by atoms with Gasteiger partial charge in [-0.25, -0.2) is 9.98 Å². The van der Waals surface area contributed by atoms with E-state index in [9.17, 15) is 4.79 Å². The zero-order valence-corrected chi connectivity index (χ0v) is 20.1. The molecule has 0 saturated carbocycles. The molecule has 2 N–H and O–H groups in total. The number of benzene rings is 1. The number of carbonyl (C=O) groups excluding carboxylic acids is 1. The molecule has 1 aromatic heterocycles. The van der Waals surface area contributed by atoms with Gasteiger partial charge in [-0.15, -0.1) is 24.0 Å². The third kappa shape index (κ3) is 6.72. The zero-order valence-electron chi connectivity index (χ0n) is 17.8. The lowest BCUT2D eigenvalue weighted by Crippen LogP contribution is -2.42. The van der Waals surface area contributed by atoms with Gasteiger partial charge in [-0.2, -0.15) is 0 Å². The summed E-state index contributed by atoms with van der Waals surface area (Å²) >= 11 is 0. The molecule has 0 bridgehead atoms. The van der Waals surface area contributed by atoms with Crippen molar-refractivity contribution < 1.29 is 9.21 Å². The SMILES string of the molecule is CCNC(=NCc1coc(-c2ccccc2)n1)NCCC(CC)N1CCCC1=O.I. The summed E-state index contributed by atoms with van der Waals surface area (Å²) in [7, 11) is 0. The van der Waals surface area contributed by atoms with Gasteiger partial charge >= 0.3 is 0 Å². The number of hydrogen-bond donors (Lipinski definition) is 2. The molecular weight excluding hydrogens is 493 g/mol. The molecule has 0 radical (unpaired) electrons. The van der Waals surface area contributed by atoms with Crippen molar-refractivity contribution >= 4 is 35.8 Å². The van der Waals surface area contributed by atoms with Crippen molar-refractivity contribution in [2.75, 3.05) is 19.6 Å². The number of guanidine groups is 1. The second-order valence-electron chi connectivity index (χ2n) is 7.17. The minimum atomic E-state index is 0. The third-order valence-corrected chi connectivity index (χ3v) is 5.11. The summed E-state index contributed by atoms with van der Waals surface area (Å²) in [6.07, 6.45) is 5.21. The van der Waals surface area contributed by atoms with E-state index in [1.54, 1.807) is 6.26 Å². The van der Waals surface area contributed by atoms with Gasteiger partial charge in [0.05, 0.1) is 6.54 Å². The van der Waals surface area contributed by atoms with Gasteiger partial charge in [0, 0.05) is 37.7 Å². The zero-order chi connectivity index (χ0) is 20.5. The highest BCUT2D eigenvalue weighted by Crippen LogP contribution is 2.19. The smallest absolute Gasteiger partial charge is 0.226 e. The number of nitrogens with one attached hydrogen (secondary N) is 2. The Morgan fingerprint density at radius 3 is 2.73 bits per heavy atom. The van der Waals surface area contributed by atoms with Crippen molar-refractivity contribution in [3.05, 3.63) is 42.3 Å². The fraction of sp³-hybridized carbons (Fsp3) is 0.500. The summed E-state index contributed by atoms with van der Waals surface area (Å²) in [6, 6.07) is 10.1. The Hall–Kier alpha value is -2.10. The molecule has 1 amide bonds. The Morgan fingerprint density at radius 2 is 2.07 bits per heavy atom. The maximum absolute atomic E-state index is 12.0. The molecule has 2 aromatic rings. The quantitative estimate of drug-likeness (QED) is 0.296. The molecule has 0 spiro atoms. The van der Waals surface area contributed by atoms with Crippen LogP contribution in [0.1, 0.15) is 45.2 Å². The molecule has 1 saturated heterocycles. The first kappa shape index (κ1) is 24.2. The van der Waals surface area contributed by atoms with Crippen LogP contribution in [0, 0.1) is 0 Å². The van der Waals surface area contributed by atoms with Gasteiger partial charge in [-0.3, -0.25) is 4.79 Å². The van der Waals surface area contributed by atoms with Gasteiger partial charge < -0.3 is 20.0 Å². The van der Waals surface area contributed by atoms with E-state index in [0.29, 0.717) is 24.9 Å². The second-order valence-corrected chi connectivity index (χ2v) is 7.17. The number of hydrogen-bond acceptors (Lipinski definition) is 4.